The first-order valence-electron chi connectivity index (χ1n) is 8.53. The summed E-state index contributed by atoms with van der Waals surface area (Å²) < 4.78 is 0. The van der Waals surface area contributed by atoms with Crippen LogP contribution in [0.25, 0.3) is 0 Å². The van der Waals surface area contributed by atoms with Gasteiger partial charge in [-0.3, -0.25) is 10.1 Å². The Morgan fingerprint density at radius 3 is 1.84 bits per heavy atom. The quantitative estimate of drug-likeness (QED) is 0.783. The van der Waals surface area contributed by atoms with Crippen molar-refractivity contribution in [2.45, 2.75) is 18.8 Å². The summed E-state index contributed by atoms with van der Waals surface area (Å²) in [6.45, 7) is 0.593. The van der Waals surface area contributed by atoms with E-state index in [1.807, 2.05) is 71.6 Å². The fourth-order valence-electron chi connectivity index (χ4n) is 3.36. The highest BCUT2D eigenvalue weighted by Gasteiger charge is 2.40. The van der Waals surface area contributed by atoms with Gasteiger partial charge >= 0.3 is 0 Å². The van der Waals surface area contributed by atoms with Crippen LogP contribution in [-0.2, 0) is 11.3 Å². The fraction of sp³-hybridized carbons (Fsp3) is 0.136. The van der Waals surface area contributed by atoms with Crippen LogP contribution in [0.3, 0.4) is 0 Å². The molecule has 0 radical (unpaired) electrons. The van der Waals surface area contributed by atoms with Crippen LogP contribution in [0.4, 0.5) is 0 Å². The van der Waals surface area contributed by atoms with Gasteiger partial charge in [0.15, 0.2) is 0 Å². The summed E-state index contributed by atoms with van der Waals surface area (Å²) in [7, 11) is 0. The molecule has 3 aromatic rings. The zero-order chi connectivity index (χ0) is 17.1. The highest BCUT2D eigenvalue weighted by atomic mass is 16.2. The Morgan fingerprint density at radius 2 is 1.24 bits per heavy atom. The van der Waals surface area contributed by atoms with Gasteiger partial charge in [0.25, 0.3) is 0 Å². The summed E-state index contributed by atoms with van der Waals surface area (Å²) in [5, 5.41) is 3.52. The van der Waals surface area contributed by atoms with Crippen molar-refractivity contribution < 1.29 is 4.79 Å². The predicted molar refractivity (Wildman–Crippen MR) is 98.5 cm³/mol. The van der Waals surface area contributed by atoms with Crippen LogP contribution in [0, 0.1) is 0 Å². The van der Waals surface area contributed by atoms with Crippen molar-refractivity contribution in [3.8, 4) is 0 Å². The summed E-state index contributed by atoms with van der Waals surface area (Å²) in [6, 6.07) is 29.9. The molecule has 1 fully saturated rings. The number of hydrogen-bond acceptors (Lipinski definition) is 2. The monoisotopic (exact) mass is 328 g/mol. The molecule has 0 saturated carbocycles. The van der Waals surface area contributed by atoms with E-state index in [0.717, 1.165) is 16.7 Å². The van der Waals surface area contributed by atoms with Crippen LogP contribution < -0.4 is 5.32 Å². The average Bonchev–Trinajstić information content (AvgIpc) is 3.01. The Morgan fingerprint density at radius 1 is 0.720 bits per heavy atom. The van der Waals surface area contributed by atoms with E-state index < -0.39 is 0 Å². The molecule has 0 unspecified atom stereocenters. The lowest BCUT2D eigenvalue weighted by atomic mass is 10.1. The lowest BCUT2D eigenvalue weighted by Crippen LogP contribution is -2.29. The first-order valence-corrected chi connectivity index (χ1v) is 8.53. The summed E-state index contributed by atoms with van der Waals surface area (Å²) in [5.41, 5.74) is 3.24. The molecule has 25 heavy (non-hydrogen) atoms. The number of carbonyl (C=O) groups excluding carboxylic acids is 1. The molecule has 1 aliphatic rings. The third kappa shape index (κ3) is 3.19. The van der Waals surface area contributed by atoms with E-state index in [1.165, 1.54) is 0 Å². The second-order valence-electron chi connectivity index (χ2n) is 6.28. The van der Waals surface area contributed by atoms with E-state index in [9.17, 15) is 4.79 Å². The van der Waals surface area contributed by atoms with E-state index in [2.05, 4.69) is 29.6 Å². The molecule has 2 atom stereocenters. The normalized spacial score (nSPS) is 20.0. The van der Waals surface area contributed by atoms with Gasteiger partial charge in [0.2, 0.25) is 5.91 Å². The smallest absolute Gasteiger partial charge is 0.246 e. The Hall–Kier alpha value is -2.91. The number of nitrogens with zero attached hydrogens (tertiary/aromatic N) is 1. The average molecular weight is 328 g/mol. The van der Waals surface area contributed by atoms with Crippen molar-refractivity contribution in [2.75, 3.05) is 0 Å². The Bertz CT molecular complexity index is 834. The zero-order valence-electron chi connectivity index (χ0n) is 13.9. The minimum Gasteiger partial charge on any atom is -0.317 e. The third-order valence-corrected chi connectivity index (χ3v) is 4.61. The van der Waals surface area contributed by atoms with Crippen LogP contribution in [0.1, 0.15) is 28.9 Å². The summed E-state index contributed by atoms with van der Waals surface area (Å²) >= 11 is 0. The molecule has 4 rings (SSSR count). The van der Waals surface area contributed by atoms with Crippen molar-refractivity contribution in [3.63, 3.8) is 0 Å². The zero-order valence-corrected chi connectivity index (χ0v) is 13.9. The van der Waals surface area contributed by atoms with Crippen molar-refractivity contribution >= 4 is 5.91 Å². The molecule has 0 aliphatic carbocycles. The number of benzene rings is 3. The van der Waals surface area contributed by atoms with Gasteiger partial charge in [0.1, 0.15) is 12.2 Å². The maximum atomic E-state index is 13.2. The van der Waals surface area contributed by atoms with Crippen LogP contribution in [0.15, 0.2) is 91.0 Å². The van der Waals surface area contributed by atoms with E-state index in [1.54, 1.807) is 0 Å². The Kier molecular flexibility index (Phi) is 4.32. The van der Waals surface area contributed by atoms with E-state index in [0.29, 0.717) is 6.54 Å². The molecule has 3 nitrogen and oxygen atoms in total. The van der Waals surface area contributed by atoms with Gasteiger partial charge in [-0.25, -0.2) is 0 Å². The van der Waals surface area contributed by atoms with Gasteiger partial charge < -0.3 is 4.90 Å². The molecule has 1 saturated heterocycles. The number of carbonyl (C=O) groups is 1. The predicted octanol–water partition coefficient (Wildman–Crippen LogP) is 4.06. The standard InChI is InChI=1S/C22H20N2O/c25-22-20(18-12-6-2-7-13-18)23-21(19-14-8-3-9-15-19)24(22)16-17-10-4-1-5-11-17/h1-15,20-21,23H,16H2/t20-,21+/m0/s1. The first-order chi connectivity index (χ1) is 12.3. The van der Waals surface area contributed by atoms with Gasteiger partial charge in [-0.1, -0.05) is 91.0 Å². The summed E-state index contributed by atoms with van der Waals surface area (Å²) in [6.07, 6.45) is -0.126. The first kappa shape index (κ1) is 15.6. The number of amides is 1. The molecule has 1 amide bonds. The van der Waals surface area contributed by atoms with Gasteiger partial charge in [0.05, 0.1) is 0 Å². The molecular weight excluding hydrogens is 308 g/mol. The molecular formula is C22H20N2O. The molecule has 3 aromatic carbocycles. The van der Waals surface area contributed by atoms with Crippen molar-refractivity contribution in [2.24, 2.45) is 0 Å². The Balaban J connectivity index is 1.68. The summed E-state index contributed by atoms with van der Waals surface area (Å²) in [4.78, 5) is 15.1. The molecule has 0 aromatic heterocycles. The van der Waals surface area contributed by atoms with Gasteiger partial charge in [0, 0.05) is 6.54 Å². The second-order valence-corrected chi connectivity index (χ2v) is 6.28. The molecule has 0 spiro atoms. The lowest BCUT2D eigenvalue weighted by molar-refractivity contribution is -0.130. The SMILES string of the molecule is O=C1[C@H](c2ccccc2)N[C@@H](c2ccccc2)N1Cc1ccccc1. The van der Waals surface area contributed by atoms with E-state index >= 15 is 0 Å². The summed E-state index contributed by atoms with van der Waals surface area (Å²) in [5.74, 6) is 0.115. The van der Waals surface area contributed by atoms with Crippen LogP contribution in [0.2, 0.25) is 0 Å². The maximum absolute atomic E-state index is 13.2. The van der Waals surface area contributed by atoms with Crippen molar-refractivity contribution in [1.29, 1.82) is 0 Å². The van der Waals surface area contributed by atoms with Gasteiger partial charge in [-0.05, 0) is 16.7 Å². The third-order valence-electron chi connectivity index (χ3n) is 4.61. The van der Waals surface area contributed by atoms with Crippen molar-refractivity contribution in [3.05, 3.63) is 108 Å². The second kappa shape index (κ2) is 6.91. The van der Waals surface area contributed by atoms with Crippen LogP contribution in [0.5, 0.6) is 0 Å². The number of nitrogens with one attached hydrogen (secondary N) is 1. The van der Waals surface area contributed by atoms with E-state index in [4.69, 9.17) is 0 Å². The van der Waals surface area contributed by atoms with E-state index in [-0.39, 0.29) is 18.1 Å². The van der Waals surface area contributed by atoms with Crippen LogP contribution in [-0.4, -0.2) is 10.8 Å². The maximum Gasteiger partial charge on any atom is 0.246 e. The lowest BCUT2D eigenvalue weighted by Gasteiger charge is -2.24. The molecule has 124 valence electrons. The minimum absolute atomic E-state index is 0.115. The van der Waals surface area contributed by atoms with Gasteiger partial charge in [-0.2, -0.15) is 0 Å². The molecule has 1 heterocycles. The topological polar surface area (TPSA) is 32.3 Å². The van der Waals surface area contributed by atoms with Crippen LogP contribution >= 0.6 is 0 Å². The van der Waals surface area contributed by atoms with Gasteiger partial charge in [-0.15, -0.1) is 0 Å². The Labute approximate surface area is 147 Å². The molecule has 3 heteroatoms. The number of hydrogen-bond donors (Lipinski definition) is 1. The fourth-order valence-corrected chi connectivity index (χ4v) is 3.36. The highest BCUT2D eigenvalue weighted by Crippen LogP contribution is 2.33. The minimum atomic E-state index is -0.310. The van der Waals surface area contributed by atoms with Crippen molar-refractivity contribution in [1.82, 2.24) is 10.2 Å². The molecule has 0 bridgehead atoms. The molecule has 1 N–H and O–H groups in total. The highest BCUT2D eigenvalue weighted by molar-refractivity contribution is 5.86. The number of rotatable bonds is 4. The largest absolute Gasteiger partial charge is 0.317 e. The molecule has 1 aliphatic heterocycles.